The zero-order chi connectivity index (χ0) is 19.3. The summed E-state index contributed by atoms with van der Waals surface area (Å²) in [4.78, 5) is 35.1. The summed E-state index contributed by atoms with van der Waals surface area (Å²) in [6.45, 7) is 5.18. The van der Waals surface area contributed by atoms with Gasteiger partial charge in [-0.05, 0) is 31.4 Å². The minimum absolute atomic E-state index is 0.0961. The highest BCUT2D eigenvalue weighted by Gasteiger charge is 2.21. The van der Waals surface area contributed by atoms with Crippen molar-refractivity contribution in [2.24, 2.45) is 5.92 Å². The molecule has 2 heterocycles. The van der Waals surface area contributed by atoms with E-state index in [4.69, 9.17) is 9.52 Å². The molecule has 0 bridgehead atoms. The SMILES string of the molecule is Cc1ccc(-c2cc(C(=O)NCC(=O)N[C@@H](CC(C)C)C(=O)O)n[nH]2)o1. The molecule has 0 aliphatic heterocycles. The number of aromatic amines is 1. The number of rotatable bonds is 8. The number of hydrogen-bond acceptors (Lipinski definition) is 5. The molecule has 0 radical (unpaired) electrons. The van der Waals surface area contributed by atoms with Gasteiger partial charge in [0.25, 0.3) is 5.91 Å². The van der Waals surface area contributed by atoms with Gasteiger partial charge in [0, 0.05) is 6.07 Å². The Kier molecular flexibility index (Phi) is 6.16. The minimum atomic E-state index is -1.11. The van der Waals surface area contributed by atoms with E-state index < -0.39 is 23.8 Å². The van der Waals surface area contributed by atoms with Crippen LogP contribution < -0.4 is 10.6 Å². The van der Waals surface area contributed by atoms with Gasteiger partial charge in [-0.25, -0.2) is 4.79 Å². The summed E-state index contributed by atoms with van der Waals surface area (Å²) < 4.78 is 5.44. The van der Waals surface area contributed by atoms with Crippen molar-refractivity contribution in [1.82, 2.24) is 20.8 Å². The van der Waals surface area contributed by atoms with Gasteiger partial charge < -0.3 is 20.2 Å². The van der Waals surface area contributed by atoms with E-state index in [1.54, 1.807) is 19.1 Å². The minimum Gasteiger partial charge on any atom is -0.480 e. The number of H-pyrrole nitrogens is 1. The van der Waals surface area contributed by atoms with E-state index in [0.717, 1.165) is 5.76 Å². The molecule has 140 valence electrons. The van der Waals surface area contributed by atoms with E-state index in [2.05, 4.69) is 20.8 Å². The van der Waals surface area contributed by atoms with Crippen LogP contribution in [0.25, 0.3) is 11.5 Å². The van der Waals surface area contributed by atoms with Crippen LogP contribution in [-0.2, 0) is 9.59 Å². The lowest BCUT2D eigenvalue weighted by atomic mass is 10.0. The van der Waals surface area contributed by atoms with Gasteiger partial charge in [0.1, 0.15) is 17.5 Å². The van der Waals surface area contributed by atoms with Gasteiger partial charge in [-0.3, -0.25) is 14.7 Å². The van der Waals surface area contributed by atoms with Gasteiger partial charge in [-0.1, -0.05) is 13.8 Å². The van der Waals surface area contributed by atoms with E-state index in [-0.39, 0.29) is 18.2 Å². The van der Waals surface area contributed by atoms with E-state index in [9.17, 15) is 14.4 Å². The van der Waals surface area contributed by atoms with E-state index in [1.165, 1.54) is 6.07 Å². The van der Waals surface area contributed by atoms with Crippen LogP contribution in [-0.4, -0.2) is 45.7 Å². The molecule has 2 amide bonds. The molecule has 9 nitrogen and oxygen atoms in total. The summed E-state index contributed by atoms with van der Waals surface area (Å²) in [5, 5.41) is 20.5. The third-order valence-electron chi connectivity index (χ3n) is 3.57. The van der Waals surface area contributed by atoms with E-state index in [0.29, 0.717) is 17.9 Å². The fraction of sp³-hybridized carbons (Fsp3) is 0.412. The van der Waals surface area contributed by atoms with Crippen LogP contribution in [0.3, 0.4) is 0 Å². The topological polar surface area (TPSA) is 137 Å². The molecular weight excluding hydrogens is 340 g/mol. The van der Waals surface area contributed by atoms with Gasteiger partial charge >= 0.3 is 5.97 Å². The normalized spacial score (nSPS) is 12.0. The first-order valence-electron chi connectivity index (χ1n) is 8.19. The number of carboxylic acid groups (broad SMARTS) is 1. The van der Waals surface area contributed by atoms with Gasteiger partial charge in [-0.2, -0.15) is 5.10 Å². The smallest absolute Gasteiger partial charge is 0.326 e. The van der Waals surface area contributed by atoms with Gasteiger partial charge in [0.2, 0.25) is 5.91 Å². The number of amides is 2. The summed E-state index contributed by atoms with van der Waals surface area (Å²) in [6, 6.07) is 4.05. The Morgan fingerprint density at radius 3 is 2.62 bits per heavy atom. The molecule has 1 atom stereocenters. The Bertz CT molecular complexity index is 793. The second-order valence-electron chi connectivity index (χ2n) is 6.35. The van der Waals surface area contributed by atoms with Crippen molar-refractivity contribution < 1.29 is 23.9 Å². The van der Waals surface area contributed by atoms with Crippen LogP contribution >= 0.6 is 0 Å². The average Bonchev–Trinajstić information content (AvgIpc) is 3.20. The van der Waals surface area contributed by atoms with Crippen molar-refractivity contribution in [3.8, 4) is 11.5 Å². The summed E-state index contributed by atoms with van der Waals surface area (Å²) in [6.07, 6.45) is 0.306. The van der Waals surface area contributed by atoms with E-state index in [1.807, 2.05) is 13.8 Å². The third kappa shape index (κ3) is 5.20. The van der Waals surface area contributed by atoms with Crippen molar-refractivity contribution >= 4 is 17.8 Å². The van der Waals surface area contributed by atoms with Crippen LogP contribution in [0.4, 0.5) is 0 Å². The highest BCUT2D eigenvalue weighted by Crippen LogP contribution is 2.20. The van der Waals surface area contributed by atoms with Crippen LogP contribution in [0, 0.1) is 12.8 Å². The van der Waals surface area contributed by atoms with Crippen molar-refractivity contribution in [2.45, 2.75) is 33.2 Å². The molecule has 0 saturated heterocycles. The van der Waals surface area contributed by atoms with Crippen molar-refractivity contribution in [2.75, 3.05) is 6.54 Å². The standard InChI is InChI=1S/C17H22N4O5/c1-9(2)6-13(17(24)25)19-15(22)8-18-16(23)12-7-11(20-21-12)14-5-4-10(3)26-14/h4-5,7,9,13H,6,8H2,1-3H3,(H,18,23)(H,19,22)(H,20,21)(H,24,25)/t13-/m0/s1. The largest absolute Gasteiger partial charge is 0.480 e. The molecule has 0 aliphatic rings. The number of furan rings is 1. The van der Waals surface area contributed by atoms with Crippen LogP contribution in [0.15, 0.2) is 22.6 Å². The summed E-state index contributed by atoms with van der Waals surface area (Å²) in [5.74, 6) is -0.857. The average molecular weight is 362 g/mol. The summed E-state index contributed by atoms with van der Waals surface area (Å²) >= 11 is 0. The molecule has 0 fully saturated rings. The molecule has 2 aromatic rings. The maximum Gasteiger partial charge on any atom is 0.326 e. The van der Waals surface area contributed by atoms with Gasteiger partial charge in [0.05, 0.1) is 6.54 Å². The molecule has 2 aromatic heterocycles. The molecule has 0 aliphatic carbocycles. The predicted octanol–water partition coefficient (Wildman–Crippen LogP) is 1.32. The Hall–Kier alpha value is -3.10. The highest BCUT2D eigenvalue weighted by molar-refractivity contribution is 5.96. The quantitative estimate of drug-likeness (QED) is 0.559. The molecule has 26 heavy (non-hydrogen) atoms. The van der Waals surface area contributed by atoms with Crippen LogP contribution in [0.1, 0.15) is 36.5 Å². The first-order chi connectivity index (χ1) is 12.3. The number of nitrogens with one attached hydrogen (secondary N) is 3. The lowest BCUT2D eigenvalue weighted by Gasteiger charge is -2.16. The van der Waals surface area contributed by atoms with Gasteiger partial charge in [-0.15, -0.1) is 0 Å². The summed E-state index contributed by atoms with van der Waals surface area (Å²) in [5.41, 5.74) is 0.634. The zero-order valence-electron chi connectivity index (χ0n) is 14.8. The van der Waals surface area contributed by atoms with Crippen molar-refractivity contribution in [3.63, 3.8) is 0 Å². The second-order valence-corrected chi connectivity index (χ2v) is 6.35. The second kappa shape index (κ2) is 8.32. The summed E-state index contributed by atoms with van der Waals surface area (Å²) in [7, 11) is 0. The number of aromatic nitrogens is 2. The molecule has 0 saturated carbocycles. The lowest BCUT2D eigenvalue weighted by Crippen LogP contribution is -2.46. The number of aliphatic carboxylic acids is 1. The number of hydrogen-bond donors (Lipinski definition) is 4. The fourth-order valence-electron chi connectivity index (χ4n) is 2.33. The number of carboxylic acids is 1. The number of aryl methyl sites for hydroxylation is 1. The molecule has 0 aromatic carbocycles. The Morgan fingerprint density at radius 1 is 1.31 bits per heavy atom. The van der Waals surface area contributed by atoms with Crippen molar-refractivity contribution in [3.05, 3.63) is 29.7 Å². The molecule has 0 spiro atoms. The highest BCUT2D eigenvalue weighted by atomic mass is 16.4. The molecule has 9 heteroatoms. The predicted molar refractivity (Wildman–Crippen MR) is 92.4 cm³/mol. The molecule has 2 rings (SSSR count). The number of carbonyl (C=O) groups excluding carboxylic acids is 2. The van der Waals surface area contributed by atoms with Crippen LogP contribution in [0.5, 0.6) is 0 Å². The van der Waals surface area contributed by atoms with Gasteiger partial charge in [0.15, 0.2) is 11.5 Å². The Labute approximate surface area is 150 Å². The molecule has 4 N–H and O–H groups in total. The Balaban J connectivity index is 1.89. The molecular formula is C17H22N4O5. The fourth-order valence-corrected chi connectivity index (χ4v) is 2.33. The lowest BCUT2D eigenvalue weighted by molar-refractivity contribution is -0.142. The number of nitrogens with zero attached hydrogens (tertiary/aromatic N) is 1. The zero-order valence-corrected chi connectivity index (χ0v) is 14.8. The first kappa shape index (κ1) is 19.2. The van der Waals surface area contributed by atoms with Crippen LogP contribution in [0.2, 0.25) is 0 Å². The Morgan fingerprint density at radius 2 is 2.04 bits per heavy atom. The third-order valence-corrected chi connectivity index (χ3v) is 3.57. The monoisotopic (exact) mass is 362 g/mol. The maximum absolute atomic E-state index is 12.1. The maximum atomic E-state index is 12.1. The molecule has 0 unspecified atom stereocenters. The van der Waals surface area contributed by atoms with E-state index >= 15 is 0 Å². The number of carbonyl (C=O) groups is 3. The van der Waals surface area contributed by atoms with Crippen molar-refractivity contribution in [1.29, 1.82) is 0 Å². The first-order valence-corrected chi connectivity index (χ1v) is 8.19.